The molecule has 2 aromatic rings. The van der Waals surface area contributed by atoms with Gasteiger partial charge in [-0.05, 0) is 31.2 Å². The molecule has 0 aliphatic rings. The average Bonchev–Trinajstić information content (AvgIpc) is 2.62. The Balaban J connectivity index is 2.23. The maximum atomic E-state index is 12.5. The number of rotatable bonds is 7. The van der Waals surface area contributed by atoms with Gasteiger partial charge in [0.05, 0.1) is 33.5 Å². The SMILES string of the molecule is CCOc1ccc(NC(=O)c2ccc(OC)cc2OC)cc1OC. The van der Waals surface area contributed by atoms with Crippen LogP contribution in [-0.2, 0) is 0 Å². The van der Waals surface area contributed by atoms with E-state index in [0.29, 0.717) is 40.9 Å². The van der Waals surface area contributed by atoms with Crippen LogP contribution in [0.5, 0.6) is 23.0 Å². The van der Waals surface area contributed by atoms with Crippen LogP contribution in [-0.4, -0.2) is 33.8 Å². The molecule has 0 fully saturated rings. The maximum absolute atomic E-state index is 12.5. The number of anilines is 1. The van der Waals surface area contributed by atoms with Crippen molar-refractivity contribution < 1.29 is 23.7 Å². The van der Waals surface area contributed by atoms with Gasteiger partial charge in [-0.2, -0.15) is 0 Å². The molecule has 2 rings (SSSR count). The van der Waals surface area contributed by atoms with Gasteiger partial charge in [-0.3, -0.25) is 4.79 Å². The van der Waals surface area contributed by atoms with Crippen molar-refractivity contribution in [3.05, 3.63) is 42.0 Å². The van der Waals surface area contributed by atoms with Crippen molar-refractivity contribution in [3.8, 4) is 23.0 Å². The van der Waals surface area contributed by atoms with Crippen molar-refractivity contribution in [2.45, 2.75) is 6.92 Å². The molecule has 0 saturated carbocycles. The lowest BCUT2D eigenvalue weighted by atomic mass is 10.1. The van der Waals surface area contributed by atoms with E-state index in [2.05, 4.69) is 5.32 Å². The van der Waals surface area contributed by atoms with Gasteiger partial charge in [0.1, 0.15) is 11.5 Å². The Bertz CT molecular complexity index is 715. The molecule has 1 N–H and O–H groups in total. The van der Waals surface area contributed by atoms with Crippen LogP contribution in [0.2, 0.25) is 0 Å². The molecule has 0 aromatic heterocycles. The summed E-state index contributed by atoms with van der Waals surface area (Å²) in [6.45, 7) is 2.43. The molecule has 0 heterocycles. The van der Waals surface area contributed by atoms with Crippen molar-refractivity contribution in [1.29, 1.82) is 0 Å². The molecule has 6 heteroatoms. The summed E-state index contributed by atoms with van der Waals surface area (Å²) in [6.07, 6.45) is 0. The van der Waals surface area contributed by atoms with Gasteiger partial charge in [0.15, 0.2) is 11.5 Å². The third-order valence-electron chi connectivity index (χ3n) is 3.37. The first-order valence-electron chi connectivity index (χ1n) is 7.47. The number of hydrogen-bond acceptors (Lipinski definition) is 5. The molecular formula is C18H21NO5. The van der Waals surface area contributed by atoms with Crippen LogP contribution in [0.15, 0.2) is 36.4 Å². The van der Waals surface area contributed by atoms with Gasteiger partial charge in [-0.15, -0.1) is 0 Å². The van der Waals surface area contributed by atoms with Crippen LogP contribution >= 0.6 is 0 Å². The van der Waals surface area contributed by atoms with Crippen LogP contribution in [0.3, 0.4) is 0 Å². The van der Waals surface area contributed by atoms with E-state index in [1.54, 1.807) is 50.6 Å². The molecule has 1 amide bonds. The zero-order valence-corrected chi connectivity index (χ0v) is 14.2. The topological polar surface area (TPSA) is 66.0 Å². The highest BCUT2D eigenvalue weighted by Gasteiger charge is 2.14. The highest BCUT2D eigenvalue weighted by Crippen LogP contribution is 2.31. The molecule has 0 aliphatic heterocycles. The fourth-order valence-corrected chi connectivity index (χ4v) is 2.20. The monoisotopic (exact) mass is 331 g/mol. The molecule has 0 spiro atoms. The van der Waals surface area contributed by atoms with Crippen molar-refractivity contribution in [3.63, 3.8) is 0 Å². The Morgan fingerprint density at radius 1 is 0.917 bits per heavy atom. The first-order valence-corrected chi connectivity index (χ1v) is 7.47. The summed E-state index contributed by atoms with van der Waals surface area (Å²) >= 11 is 0. The zero-order chi connectivity index (χ0) is 17.5. The van der Waals surface area contributed by atoms with Gasteiger partial charge in [-0.1, -0.05) is 0 Å². The van der Waals surface area contributed by atoms with Crippen molar-refractivity contribution in [2.24, 2.45) is 0 Å². The summed E-state index contributed by atoms with van der Waals surface area (Å²) in [5.41, 5.74) is 1.00. The van der Waals surface area contributed by atoms with Crippen LogP contribution < -0.4 is 24.3 Å². The van der Waals surface area contributed by atoms with E-state index in [9.17, 15) is 4.79 Å². The number of benzene rings is 2. The van der Waals surface area contributed by atoms with E-state index < -0.39 is 0 Å². The summed E-state index contributed by atoms with van der Waals surface area (Å²) in [7, 11) is 4.61. The molecule has 0 bridgehead atoms. The minimum absolute atomic E-state index is 0.291. The minimum atomic E-state index is -0.291. The smallest absolute Gasteiger partial charge is 0.259 e. The summed E-state index contributed by atoms with van der Waals surface area (Å²) < 4.78 is 21.1. The third-order valence-corrected chi connectivity index (χ3v) is 3.37. The van der Waals surface area contributed by atoms with Crippen LogP contribution in [0.4, 0.5) is 5.69 Å². The Morgan fingerprint density at radius 3 is 2.29 bits per heavy atom. The summed E-state index contributed by atoms with van der Waals surface area (Å²) in [5, 5.41) is 2.82. The second-order valence-electron chi connectivity index (χ2n) is 4.82. The van der Waals surface area contributed by atoms with Crippen LogP contribution in [0.25, 0.3) is 0 Å². The first kappa shape index (κ1) is 17.5. The number of carbonyl (C=O) groups excluding carboxylic acids is 1. The van der Waals surface area contributed by atoms with Gasteiger partial charge in [0, 0.05) is 17.8 Å². The lowest BCUT2D eigenvalue weighted by Crippen LogP contribution is -2.13. The normalized spacial score (nSPS) is 10.0. The minimum Gasteiger partial charge on any atom is -0.497 e. The molecule has 0 aliphatic carbocycles. The number of methoxy groups -OCH3 is 3. The number of carbonyl (C=O) groups is 1. The molecular weight excluding hydrogens is 310 g/mol. The molecule has 0 atom stereocenters. The fraction of sp³-hybridized carbons (Fsp3) is 0.278. The largest absolute Gasteiger partial charge is 0.497 e. The van der Waals surface area contributed by atoms with Gasteiger partial charge in [0.2, 0.25) is 0 Å². The molecule has 0 radical (unpaired) electrons. The highest BCUT2D eigenvalue weighted by molar-refractivity contribution is 6.06. The number of ether oxygens (including phenoxy) is 4. The van der Waals surface area contributed by atoms with Gasteiger partial charge in [0.25, 0.3) is 5.91 Å². The third kappa shape index (κ3) is 3.90. The average molecular weight is 331 g/mol. The van der Waals surface area contributed by atoms with Crippen molar-refractivity contribution in [1.82, 2.24) is 0 Å². The number of hydrogen-bond donors (Lipinski definition) is 1. The highest BCUT2D eigenvalue weighted by atomic mass is 16.5. The quantitative estimate of drug-likeness (QED) is 0.843. The fourth-order valence-electron chi connectivity index (χ4n) is 2.20. The molecule has 0 saturated heterocycles. The number of nitrogens with one attached hydrogen (secondary N) is 1. The number of amides is 1. The Kier molecular flexibility index (Phi) is 5.89. The van der Waals surface area contributed by atoms with Crippen molar-refractivity contribution >= 4 is 11.6 Å². The predicted molar refractivity (Wildman–Crippen MR) is 91.7 cm³/mol. The van der Waals surface area contributed by atoms with E-state index in [1.807, 2.05) is 6.92 Å². The van der Waals surface area contributed by atoms with Crippen molar-refractivity contribution in [2.75, 3.05) is 33.3 Å². The lowest BCUT2D eigenvalue weighted by Gasteiger charge is -2.13. The standard InChI is InChI=1S/C18H21NO5/c1-5-24-15-9-6-12(10-17(15)23-4)19-18(20)14-8-7-13(21-2)11-16(14)22-3/h6-11H,5H2,1-4H3,(H,19,20). The van der Waals surface area contributed by atoms with Gasteiger partial charge in [-0.25, -0.2) is 0 Å². The van der Waals surface area contributed by atoms with Crippen LogP contribution in [0.1, 0.15) is 17.3 Å². The maximum Gasteiger partial charge on any atom is 0.259 e. The lowest BCUT2D eigenvalue weighted by molar-refractivity contribution is 0.102. The molecule has 128 valence electrons. The first-order chi connectivity index (χ1) is 11.6. The molecule has 6 nitrogen and oxygen atoms in total. The van der Waals surface area contributed by atoms with E-state index in [1.165, 1.54) is 7.11 Å². The van der Waals surface area contributed by atoms with E-state index >= 15 is 0 Å². The van der Waals surface area contributed by atoms with Gasteiger partial charge >= 0.3 is 0 Å². The molecule has 0 unspecified atom stereocenters. The van der Waals surface area contributed by atoms with E-state index in [0.717, 1.165) is 0 Å². The Morgan fingerprint density at radius 2 is 1.67 bits per heavy atom. The summed E-state index contributed by atoms with van der Waals surface area (Å²) in [5.74, 6) is 1.94. The van der Waals surface area contributed by atoms with E-state index in [-0.39, 0.29) is 5.91 Å². The Labute approximate surface area is 141 Å². The zero-order valence-electron chi connectivity index (χ0n) is 14.2. The van der Waals surface area contributed by atoms with E-state index in [4.69, 9.17) is 18.9 Å². The molecule has 2 aromatic carbocycles. The summed E-state index contributed by atoms with van der Waals surface area (Å²) in [4.78, 5) is 12.5. The predicted octanol–water partition coefficient (Wildman–Crippen LogP) is 3.36. The van der Waals surface area contributed by atoms with Crippen LogP contribution in [0, 0.1) is 0 Å². The Hall–Kier alpha value is -2.89. The second kappa shape index (κ2) is 8.10. The van der Waals surface area contributed by atoms with Gasteiger partial charge < -0.3 is 24.3 Å². The second-order valence-corrected chi connectivity index (χ2v) is 4.82. The summed E-state index contributed by atoms with van der Waals surface area (Å²) in [6, 6.07) is 10.2. The molecule has 24 heavy (non-hydrogen) atoms.